The summed E-state index contributed by atoms with van der Waals surface area (Å²) in [5.74, 6) is -0.0600. The van der Waals surface area contributed by atoms with Crippen LogP contribution in [0, 0.1) is 0 Å². The van der Waals surface area contributed by atoms with Crippen molar-refractivity contribution in [3.63, 3.8) is 0 Å². The van der Waals surface area contributed by atoms with E-state index in [4.69, 9.17) is 9.15 Å². The number of rotatable bonds is 3. The minimum atomic E-state index is -0.312. The lowest BCUT2D eigenvalue weighted by atomic mass is 9.90. The van der Waals surface area contributed by atoms with E-state index in [-0.39, 0.29) is 29.8 Å². The van der Waals surface area contributed by atoms with E-state index in [1.54, 1.807) is 36.4 Å². The third-order valence-electron chi connectivity index (χ3n) is 5.13. The van der Waals surface area contributed by atoms with Crippen LogP contribution in [0.2, 0.25) is 0 Å². The molecule has 0 bridgehead atoms. The number of anilines is 2. The van der Waals surface area contributed by atoms with Crippen LogP contribution in [-0.4, -0.2) is 42.1 Å². The topological polar surface area (TPSA) is 83.8 Å². The van der Waals surface area contributed by atoms with Gasteiger partial charge in [-0.05, 0) is 49.2 Å². The van der Waals surface area contributed by atoms with Crippen LogP contribution in [0.5, 0.6) is 0 Å². The Balaban J connectivity index is 1.36. The van der Waals surface area contributed by atoms with Crippen LogP contribution in [0.15, 0.2) is 47.1 Å². The number of carbonyl (C=O) groups excluding carboxylic acids is 2. The summed E-state index contributed by atoms with van der Waals surface area (Å²) in [5.41, 5.74) is 1.32. The Morgan fingerprint density at radius 3 is 2.48 bits per heavy atom. The number of furan rings is 1. The van der Waals surface area contributed by atoms with Crippen molar-refractivity contribution in [1.29, 1.82) is 0 Å². The van der Waals surface area contributed by atoms with E-state index in [1.165, 1.54) is 12.7 Å². The summed E-state index contributed by atoms with van der Waals surface area (Å²) < 4.78 is 10.9. The summed E-state index contributed by atoms with van der Waals surface area (Å²) in [6.45, 7) is 1.20. The van der Waals surface area contributed by atoms with Gasteiger partial charge >= 0.3 is 6.03 Å². The second-order valence-electron chi connectivity index (χ2n) is 6.89. The number of amides is 3. The molecule has 1 aliphatic heterocycles. The molecule has 7 nitrogen and oxygen atoms in total. The van der Waals surface area contributed by atoms with Crippen molar-refractivity contribution in [2.45, 2.75) is 37.8 Å². The van der Waals surface area contributed by atoms with Crippen LogP contribution in [0.3, 0.4) is 0 Å². The van der Waals surface area contributed by atoms with Gasteiger partial charge in [0.15, 0.2) is 5.76 Å². The van der Waals surface area contributed by atoms with E-state index < -0.39 is 0 Å². The molecule has 142 valence electrons. The van der Waals surface area contributed by atoms with E-state index in [0.717, 1.165) is 19.3 Å². The van der Waals surface area contributed by atoms with Gasteiger partial charge in [0, 0.05) is 17.9 Å². The fourth-order valence-electron chi connectivity index (χ4n) is 3.78. The standard InChI is InChI=1S/C20H23N3O4/c24-19(18-6-3-12-26-18)21-14-7-9-15(10-8-14)22-20(25)23-11-13-27-17-5-2-1-4-16(17)23/h3,6-10,12,16-17H,1-2,4-5,11,13H2,(H,21,24)(H,22,25)/t16-,17+/m1/s1. The average Bonchev–Trinajstić information content (AvgIpc) is 3.24. The molecule has 0 radical (unpaired) electrons. The number of fused-ring (bicyclic) bond motifs is 1. The number of morpholine rings is 1. The predicted octanol–water partition coefficient (Wildman–Crippen LogP) is 3.71. The molecule has 2 aromatic rings. The third kappa shape index (κ3) is 3.98. The summed E-state index contributed by atoms with van der Waals surface area (Å²) >= 11 is 0. The van der Waals surface area contributed by atoms with Gasteiger partial charge in [0.25, 0.3) is 5.91 Å². The van der Waals surface area contributed by atoms with Crippen molar-refractivity contribution in [3.05, 3.63) is 48.4 Å². The van der Waals surface area contributed by atoms with E-state index >= 15 is 0 Å². The molecule has 4 rings (SSSR count). The number of ether oxygens (including phenoxy) is 1. The van der Waals surface area contributed by atoms with Crippen LogP contribution in [0.4, 0.5) is 16.2 Å². The Morgan fingerprint density at radius 2 is 1.74 bits per heavy atom. The van der Waals surface area contributed by atoms with Gasteiger partial charge < -0.3 is 24.7 Å². The fourth-order valence-corrected chi connectivity index (χ4v) is 3.78. The zero-order chi connectivity index (χ0) is 18.6. The number of benzene rings is 1. The molecule has 1 saturated heterocycles. The zero-order valence-corrected chi connectivity index (χ0v) is 15.0. The summed E-state index contributed by atoms with van der Waals surface area (Å²) in [6, 6.07) is 10.4. The molecular formula is C20H23N3O4. The number of nitrogens with one attached hydrogen (secondary N) is 2. The van der Waals surface area contributed by atoms with Gasteiger partial charge in [-0.15, -0.1) is 0 Å². The van der Waals surface area contributed by atoms with Crippen LogP contribution in [-0.2, 0) is 4.74 Å². The first kappa shape index (κ1) is 17.6. The highest BCUT2D eigenvalue weighted by Gasteiger charge is 2.36. The molecule has 0 spiro atoms. The van der Waals surface area contributed by atoms with Crippen molar-refractivity contribution >= 4 is 23.3 Å². The van der Waals surface area contributed by atoms with E-state index in [1.807, 2.05) is 4.90 Å². The van der Waals surface area contributed by atoms with Crippen LogP contribution >= 0.6 is 0 Å². The summed E-state index contributed by atoms with van der Waals surface area (Å²) in [7, 11) is 0. The number of carbonyl (C=O) groups is 2. The first-order valence-corrected chi connectivity index (χ1v) is 9.35. The minimum absolute atomic E-state index is 0.0948. The highest BCUT2D eigenvalue weighted by atomic mass is 16.5. The third-order valence-corrected chi connectivity index (χ3v) is 5.13. The molecule has 7 heteroatoms. The van der Waals surface area contributed by atoms with Crippen molar-refractivity contribution in [2.24, 2.45) is 0 Å². The number of hydrogen-bond donors (Lipinski definition) is 2. The van der Waals surface area contributed by atoms with Gasteiger partial charge in [-0.1, -0.05) is 12.8 Å². The van der Waals surface area contributed by atoms with Crippen LogP contribution < -0.4 is 10.6 Å². The maximum absolute atomic E-state index is 12.7. The van der Waals surface area contributed by atoms with Crippen molar-refractivity contribution in [2.75, 3.05) is 23.8 Å². The maximum atomic E-state index is 12.7. The van der Waals surface area contributed by atoms with E-state index in [0.29, 0.717) is 24.5 Å². The first-order chi connectivity index (χ1) is 13.2. The zero-order valence-electron chi connectivity index (χ0n) is 15.0. The lowest BCUT2D eigenvalue weighted by Crippen LogP contribution is -2.55. The Kier molecular flexibility index (Phi) is 5.11. The van der Waals surface area contributed by atoms with Gasteiger partial charge in [0.2, 0.25) is 0 Å². The molecule has 1 aliphatic carbocycles. The van der Waals surface area contributed by atoms with E-state index in [2.05, 4.69) is 10.6 Å². The molecule has 0 unspecified atom stereocenters. The second-order valence-corrected chi connectivity index (χ2v) is 6.89. The fraction of sp³-hybridized carbons (Fsp3) is 0.400. The molecule has 1 aromatic heterocycles. The van der Waals surface area contributed by atoms with Gasteiger partial charge in [-0.3, -0.25) is 4.79 Å². The van der Waals surface area contributed by atoms with Crippen LogP contribution in [0.1, 0.15) is 36.2 Å². The molecular weight excluding hydrogens is 346 g/mol. The van der Waals surface area contributed by atoms with Crippen molar-refractivity contribution in [1.82, 2.24) is 4.90 Å². The monoisotopic (exact) mass is 369 g/mol. The SMILES string of the molecule is O=C(Nc1ccc(NC(=O)N2CCO[C@H]3CCCC[C@H]32)cc1)c1ccco1. The summed E-state index contributed by atoms with van der Waals surface area (Å²) in [4.78, 5) is 26.6. The smallest absolute Gasteiger partial charge is 0.322 e. The number of urea groups is 1. The highest BCUT2D eigenvalue weighted by Crippen LogP contribution is 2.29. The Labute approximate surface area is 157 Å². The largest absolute Gasteiger partial charge is 0.459 e. The van der Waals surface area contributed by atoms with E-state index in [9.17, 15) is 9.59 Å². The molecule has 1 saturated carbocycles. The molecule has 2 heterocycles. The minimum Gasteiger partial charge on any atom is -0.459 e. The Bertz CT molecular complexity index is 786. The molecule has 3 amide bonds. The number of hydrogen-bond acceptors (Lipinski definition) is 4. The lowest BCUT2D eigenvalue weighted by molar-refractivity contribution is -0.0694. The molecule has 2 fully saturated rings. The van der Waals surface area contributed by atoms with Gasteiger partial charge in [0.05, 0.1) is 25.0 Å². The Hall–Kier alpha value is -2.80. The molecule has 2 N–H and O–H groups in total. The predicted molar refractivity (Wildman–Crippen MR) is 101 cm³/mol. The van der Waals surface area contributed by atoms with Gasteiger partial charge in [-0.2, -0.15) is 0 Å². The average molecular weight is 369 g/mol. The second kappa shape index (κ2) is 7.84. The van der Waals surface area contributed by atoms with Gasteiger partial charge in [0.1, 0.15) is 0 Å². The lowest BCUT2D eigenvalue weighted by Gasteiger charge is -2.43. The maximum Gasteiger partial charge on any atom is 0.322 e. The molecule has 2 atom stereocenters. The Morgan fingerprint density at radius 1 is 1.00 bits per heavy atom. The quantitative estimate of drug-likeness (QED) is 0.864. The number of nitrogens with zero attached hydrogens (tertiary/aromatic N) is 1. The van der Waals surface area contributed by atoms with Crippen molar-refractivity contribution < 1.29 is 18.7 Å². The molecule has 2 aliphatic rings. The first-order valence-electron chi connectivity index (χ1n) is 9.35. The summed E-state index contributed by atoms with van der Waals surface area (Å²) in [6.07, 6.45) is 5.95. The molecule has 27 heavy (non-hydrogen) atoms. The van der Waals surface area contributed by atoms with Crippen LogP contribution in [0.25, 0.3) is 0 Å². The normalized spacial score (nSPS) is 22.0. The van der Waals surface area contributed by atoms with Crippen molar-refractivity contribution in [3.8, 4) is 0 Å². The molecule has 1 aromatic carbocycles. The summed E-state index contributed by atoms with van der Waals surface area (Å²) in [5, 5.41) is 5.71. The van der Waals surface area contributed by atoms with Gasteiger partial charge in [-0.25, -0.2) is 4.79 Å². The highest BCUT2D eigenvalue weighted by molar-refractivity contribution is 6.02.